The minimum absolute atomic E-state index is 0.0414. The first-order valence-corrected chi connectivity index (χ1v) is 5.99. The van der Waals surface area contributed by atoms with Crippen molar-refractivity contribution >= 4 is 28.5 Å². The summed E-state index contributed by atoms with van der Waals surface area (Å²) in [6, 6.07) is 3.14. The highest BCUT2D eigenvalue weighted by Crippen LogP contribution is 2.33. The van der Waals surface area contributed by atoms with Gasteiger partial charge in [0.15, 0.2) is 0 Å². The van der Waals surface area contributed by atoms with E-state index in [1.165, 1.54) is 6.07 Å². The molecule has 96 valence electrons. The van der Waals surface area contributed by atoms with Gasteiger partial charge < -0.3 is 14.4 Å². The number of aromatic hydroxyl groups is 1. The number of carbonyl (C=O) groups excluding carboxylic acids is 1. The number of phenolic OH excluding ortho intramolecular Hbond substituents is 1. The topological polar surface area (TPSA) is 51.5 Å². The minimum atomic E-state index is -0.387. The van der Waals surface area contributed by atoms with E-state index in [0.717, 1.165) is 11.2 Å². The van der Waals surface area contributed by atoms with Crippen LogP contribution >= 0.6 is 11.6 Å². The molecule has 0 saturated heterocycles. The molecular weight excluding hydrogens is 254 g/mol. The second-order valence-electron chi connectivity index (χ2n) is 4.06. The van der Waals surface area contributed by atoms with Gasteiger partial charge in [0.05, 0.1) is 22.7 Å². The maximum absolute atomic E-state index is 11.9. The van der Waals surface area contributed by atoms with Gasteiger partial charge in [0.2, 0.25) is 0 Å². The SMILES string of the molecule is CCOC(=O)c1c(C)n(C)c2cc(Cl)c(O)cc12. The van der Waals surface area contributed by atoms with Crippen LogP contribution in [0.1, 0.15) is 23.0 Å². The number of ether oxygens (including phenoxy) is 1. The van der Waals surface area contributed by atoms with Gasteiger partial charge in [-0.15, -0.1) is 0 Å². The number of benzene rings is 1. The average molecular weight is 268 g/mol. The first-order valence-electron chi connectivity index (χ1n) is 5.62. The zero-order valence-electron chi connectivity index (χ0n) is 10.5. The van der Waals surface area contributed by atoms with Crippen molar-refractivity contribution in [2.24, 2.45) is 7.05 Å². The Kier molecular flexibility index (Phi) is 3.22. The fraction of sp³-hybridized carbons (Fsp3) is 0.308. The van der Waals surface area contributed by atoms with Crippen molar-refractivity contribution in [3.8, 4) is 5.75 Å². The van der Waals surface area contributed by atoms with E-state index in [0.29, 0.717) is 17.6 Å². The summed E-state index contributed by atoms with van der Waals surface area (Å²) in [6.45, 7) is 3.90. The van der Waals surface area contributed by atoms with Crippen molar-refractivity contribution in [2.75, 3.05) is 6.61 Å². The Hall–Kier alpha value is -1.68. The number of rotatable bonds is 2. The second-order valence-corrected chi connectivity index (χ2v) is 4.47. The van der Waals surface area contributed by atoms with Crippen molar-refractivity contribution in [3.63, 3.8) is 0 Å². The number of carbonyl (C=O) groups is 1. The molecule has 0 atom stereocenters. The lowest BCUT2D eigenvalue weighted by molar-refractivity contribution is 0.0527. The summed E-state index contributed by atoms with van der Waals surface area (Å²) >= 11 is 5.88. The van der Waals surface area contributed by atoms with Crippen molar-refractivity contribution in [2.45, 2.75) is 13.8 Å². The zero-order valence-corrected chi connectivity index (χ0v) is 11.2. The summed E-state index contributed by atoms with van der Waals surface area (Å²) in [6.07, 6.45) is 0. The van der Waals surface area contributed by atoms with E-state index in [-0.39, 0.29) is 16.7 Å². The predicted octanol–water partition coefficient (Wildman–Crippen LogP) is 3.02. The quantitative estimate of drug-likeness (QED) is 0.851. The highest BCUT2D eigenvalue weighted by atomic mass is 35.5. The fourth-order valence-corrected chi connectivity index (χ4v) is 2.19. The number of aromatic nitrogens is 1. The normalized spacial score (nSPS) is 10.9. The molecule has 0 unspecified atom stereocenters. The second kappa shape index (κ2) is 4.53. The Morgan fingerprint density at radius 1 is 1.50 bits per heavy atom. The largest absolute Gasteiger partial charge is 0.506 e. The molecule has 1 N–H and O–H groups in total. The summed E-state index contributed by atoms with van der Waals surface area (Å²) in [7, 11) is 1.84. The Bertz CT molecular complexity index is 631. The molecule has 0 aliphatic rings. The molecule has 0 amide bonds. The molecule has 0 fully saturated rings. The van der Waals surface area contributed by atoms with Crippen LogP contribution in [-0.2, 0) is 11.8 Å². The van der Waals surface area contributed by atoms with Crippen LogP contribution < -0.4 is 0 Å². The molecular formula is C13H14ClNO3. The predicted molar refractivity (Wildman–Crippen MR) is 70.3 cm³/mol. The molecule has 0 bridgehead atoms. The van der Waals surface area contributed by atoms with Crippen LogP contribution in [0.4, 0.5) is 0 Å². The third-order valence-corrected chi connectivity index (χ3v) is 3.34. The molecule has 2 aromatic rings. The monoisotopic (exact) mass is 267 g/mol. The number of hydrogen-bond acceptors (Lipinski definition) is 3. The molecule has 0 aliphatic heterocycles. The van der Waals surface area contributed by atoms with Crippen LogP contribution in [0.5, 0.6) is 5.75 Å². The van der Waals surface area contributed by atoms with Crippen LogP contribution in [0.3, 0.4) is 0 Å². The number of phenols is 1. The van der Waals surface area contributed by atoms with E-state index < -0.39 is 0 Å². The summed E-state index contributed by atoms with van der Waals surface area (Å²) in [5.74, 6) is -0.428. The van der Waals surface area contributed by atoms with E-state index in [9.17, 15) is 9.90 Å². The van der Waals surface area contributed by atoms with Crippen molar-refractivity contribution in [3.05, 3.63) is 28.4 Å². The summed E-state index contributed by atoms with van der Waals surface area (Å²) < 4.78 is 6.89. The molecule has 18 heavy (non-hydrogen) atoms. The fourth-order valence-electron chi connectivity index (χ4n) is 2.03. The van der Waals surface area contributed by atoms with Crippen LogP contribution in [-0.4, -0.2) is 22.2 Å². The lowest BCUT2D eigenvalue weighted by Crippen LogP contribution is -2.06. The maximum atomic E-state index is 11.9. The van der Waals surface area contributed by atoms with E-state index in [2.05, 4.69) is 0 Å². The molecule has 1 aromatic heterocycles. The zero-order chi connectivity index (χ0) is 13.4. The molecule has 4 nitrogen and oxygen atoms in total. The maximum Gasteiger partial charge on any atom is 0.340 e. The number of halogens is 1. The van der Waals surface area contributed by atoms with Crippen LogP contribution in [0.15, 0.2) is 12.1 Å². The Morgan fingerprint density at radius 3 is 2.78 bits per heavy atom. The number of aryl methyl sites for hydroxylation is 1. The van der Waals surface area contributed by atoms with Crippen LogP contribution in [0, 0.1) is 6.92 Å². The van der Waals surface area contributed by atoms with Gasteiger partial charge in [0.1, 0.15) is 5.75 Å². The number of fused-ring (bicyclic) bond motifs is 1. The van der Waals surface area contributed by atoms with Gasteiger partial charge in [-0.3, -0.25) is 0 Å². The van der Waals surface area contributed by atoms with E-state index in [4.69, 9.17) is 16.3 Å². The summed E-state index contributed by atoms with van der Waals surface area (Å²) in [5.41, 5.74) is 2.05. The van der Waals surface area contributed by atoms with Gasteiger partial charge in [-0.25, -0.2) is 4.79 Å². The van der Waals surface area contributed by atoms with Crippen molar-refractivity contribution in [1.29, 1.82) is 0 Å². The van der Waals surface area contributed by atoms with Gasteiger partial charge >= 0.3 is 5.97 Å². The molecule has 1 heterocycles. The van der Waals surface area contributed by atoms with E-state index in [1.807, 2.05) is 18.5 Å². The molecule has 0 saturated carbocycles. The first-order chi connectivity index (χ1) is 8.47. The number of nitrogens with zero attached hydrogens (tertiary/aromatic N) is 1. The third-order valence-electron chi connectivity index (χ3n) is 3.04. The van der Waals surface area contributed by atoms with E-state index in [1.54, 1.807) is 13.0 Å². The molecule has 0 radical (unpaired) electrons. The smallest absolute Gasteiger partial charge is 0.340 e. The Labute approximate surface area is 110 Å². The van der Waals surface area contributed by atoms with Crippen molar-refractivity contribution < 1.29 is 14.6 Å². The third kappa shape index (κ3) is 1.82. The lowest BCUT2D eigenvalue weighted by Gasteiger charge is -2.02. The molecule has 0 aliphatic carbocycles. The first kappa shape index (κ1) is 12.8. The summed E-state index contributed by atoms with van der Waals surface area (Å²) in [4.78, 5) is 11.9. The molecule has 2 rings (SSSR count). The van der Waals surface area contributed by atoms with Gasteiger partial charge in [-0.2, -0.15) is 0 Å². The highest BCUT2D eigenvalue weighted by molar-refractivity contribution is 6.33. The lowest BCUT2D eigenvalue weighted by atomic mass is 10.1. The van der Waals surface area contributed by atoms with Gasteiger partial charge in [0, 0.05) is 18.1 Å². The molecule has 5 heteroatoms. The van der Waals surface area contributed by atoms with Crippen LogP contribution in [0.2, 0.25) is 5.02 Å². The Balaban J connectivity index is 2.77. The minimum Gasteiger partial charge on any atom is -0.506 e. The highest BCUT2D eigenvalue weighted by Gasteiger charge is 2.20. The van der Waals surface area contributed by atoms with E-state index >= 15 is 0 Å². The molecule has 0 spiro atoms. The number of hydrogen-bond donors (Lipinski definition) is 1. The summed E-state index contributed by atoms with van der Waals surface area (Å²) in [5, 5.41) is 10.6. The van der Waals surface area contributed by atoms with Crippen molar-refractivity contribution in [1.82, 2.24) is 4.57 Å². The molecule has 1 aromatic carbocycles. The van der Waals surface area contributed by atoms with Gasteiger partial charge in [-0.1, -0.05) is 11.6 Å². The van der Waals surface area contributed by atoms with Gasteiger partial charge in [0.25, 0.3) is 0 Å². The van der Waals surface area contributed by atoms with Crippen LogP contribution in [0.25, 0.3) is 10.9 Å². The van der Waals surface area contributed by atoms with Gasteiger partial charge in [-0.05, 0) is 26.0 Å². The standard InChI is InChI=1S/C13H14ClNO3/c1-4-18-13(17)12-7(2)15(3)10-6-9(14)11(16)5-8(10)12/h5-6,16H,4H2,1-3H3. The average Bonchev–Trinajstić information content (AvgIpc) is 2.54. The Morgan fingerprint density at radius 2 is 2.17 bits per heavy atom. The number of esters is 1.